The van der Waals surface area contributed by atoms with Gasteiger partial charge in [0.15, 0.2) is 0 Å². The molecule has 4 N–H and O–H groups in total. The van der Waals surface area contributed by atoms with Gasteiger partial charge in [-0.05, 0) is 26.2 Å². The minimum atomic E-state index is -1.58. The molecule has 4 heteroatoms. The number of allylic oxidation sites excluding steroid dienone is 2. The Morgan fingerprint density at radius 2 is 2.14 bits per heavy atom. The average Bonchev–Trinajstić information content (AvgIpc) is 2.12. The summed E-state index contributed by atoms with van der Waals surface area (Å²) < 4.78 is 0. The van der Waals surface area contributed by atoms with E-state index in [4.69, 9.17) is 10.8 Å². The molecule has 0 aromatic carbocycles. The molecule has 0 spiro atoms. The molecule has 4 nitrogen and oxygen atoms in total. The van der Waals surface area contributed by atoms with Crippen LogP contribution in [-0.2, 0) is 4.79 Å². The quantitative estimate of drug-likeness (QED) is 0.573. The molecule has 0 saturated carbocycles. The van der Waals surface area contributed by atoms with E-state index in [-0.39, 0.29) is 5.92 Å². The summed E-state index contributed by atoms with van der Waals surface area (Å²) in [4.78, 5) is 10.7. The van der Waals surface area contributed by atoms with Gasteiger partial charge in [-0.25, -0.2) is 0 Å². The van der Waals surface area contributed by atoms with Gasteiger partial charge in [0, 0.05) is 0 Å². The predicted octanol–water partition coefficient (Wildman–Crippen LogP) is 0.752. The lowest BCUT2D eigenvalue weighted by Crippen LogP contribution is -2.57. The second-order valence-electron chi connectivity index (χ2n) is 3.81. The Morgan fingerprint density at radius 3 is 2.50 bits per heavy atom. The molecule has 0 aliphatic rings. The fraction of sp³-hybridized carbons (Fsp3) is 0.700. The molecule has 0 saturated heterocycles. The van der Waals surface area contributed by atoms with Crippen molar-refractivity contribution in [1.29, 1.82) is 0 Å². The van der Waals surface area contributed by atoms with Crippen LogP contribution in [0.3, 0.4) is 0 Å². The normalized spacial score (nSPS) is 20.4. The fourth-order valence-corrected chi connectivity index (χ4v) is 1.20. The van der Waals surface area contributed by atoms with Crippen LogP contribution in [0.25, 0.3) is 0 Å². The summed E-state index contributed by atoms with van der Waals surface area (Å²) in [6.07, 6.45) is 3.32. The maximum Gasteiger partial charge on any atom is 0.326 e. The predicted molar refractivity (Wildman–Crippen MR) is 54.8 cm³/mol. The van der Waals surface area contributed by atoms with Crippen LogP contribution in [0.1, 0.15) is 27.2 Å². The van der Waals surface area contributed by atoms with E-state index in [1.807, 2.05) is 19.1 Å². The first-order valence-corrected chi connectivity index (χ1v) is 4.65. The average molecular weight is 201 g/mol. The Labute approximate surface area is 84.4 Å². The maximum atomic E-state index is 10.7. The lowest BCUT2D eigenvalue weighted by Gasteiger charge is -2.29. The molecule has 14 heavy (non-hydrogen) atoms. The maximum absolute atomic E-state index is 10.7. The molecule has 82 valence electrons. The van der Waals surface area contributed by atoms with E-state index < -0.39 is 17.6 Å². The highest BCUT2D eigenvalue weighted by molar-refractivity contribution is 5.78. The van der Waals surface area contributed by atoms with Crippen LogP contribution in [0.15, 0.2) is 12.2 Å². The summed E-state index contributed by atoms with van der Waals surface area (Å²) in [5, 5.41) is 18.5. The molecule has 0 aliphatic heterocycles. The Hall–Kier alpha value is -0.870. The molecule has 0 heterocycles. The molecule has 0 bridgehead atoms. The molecule has 0 radical (unpaired) electrons. The number of carbonyl (C=O) groups is 1. The molecule has 0 aromatic rings. The van der Waals surface area contributed by atoms with Crippen LogP contribution in [0.4, 0.5) is 0 Å². The summed E-state index contributed by atoms with van der Waals surface area (Å²) in [5.41, 5.74) is 3.92. The zero-order valence-electron chi connectivity index (χ0n) is 8.90. The molecular weight excluding hydrogens is 182 g/mol. The largest absolute Gasteiger partial charge is 0.480 e. The standard InChI is InChI=1S/C10H19NO3/c1-4-5-6-7(2)8(12)10(3,11)9(13)14/h4-5,7-8,12H,6,11H2,1-3H3,(H,13,14)/t7-,8-,10+/m1/s1. The van der Waals surface area contributed by atoms with Crippen molar-refractivity contribution < 1.29 is 15.0 Å². The van der Waals surface area contributed by atoms with Crippen molar-refractivity contribution >= 4 is 5.97 Å². The van der Waals surface area contributed by atoms with E-state index >= 15 is 0 Å². The summed E-state index contributed by atoms with van der Waals surface area (Å²) in [7, 11) is 0. The van der Waals surface area contributed by atoms with Crippen LogP contribution >= 0.6 is 0 Å². The van der Waals surface area contributed by atoms with E-state index in [0.29, 0.717) is 6.42 Å². The van der Waals surface area contributed by atoms with Gasteiger partial charge < -0.3 is 15.9 Å². The van der Waals surface area contributed by atoms with E-state index in [1.165, 1.54) is 6.92 Å². The Morgan fingerprint density at radius 1 is 1.64 bits per heavy atom. The highest BCUT2D eigenvalue weighted by Gasteiger charge is 2.39. The first-order chi connectivity index (χ1) is 6.34. The van der Waals surface area contributed by atoms with Gasteiger partial charge in [0.25, 0.3) is 0 Å². The SMILES string of the molecule is CC=CC[C@@H](C)[C@@H](O)[C@](C)(N)C(=O)O. The van der Waals surface area contributed by atoms with Gasteiger partial charge in [-0.3, -0.25) is 4.79 Å². The first-order valence-electron chi connectivity index (χ1n) is 4.65. The Bertz CT molecular complexity index is 223. The van der Waals surface area contributed by atoms with E-state index in [1.54, 1.807) is 6.92 Å². The molecule has 0 amide bonds. The fourth-order valence-electron chi connectivity index (χ4n) is 1.20. The number of hydrogen-bond acceptors (Lipinski definition) is 3. The Balaban J connectivity index is 4.44. The van der Waals surface area contributed by atoms with Crippen molar-refractivity contribution in [1.82, 2.24) is 0 Å². The molecule has 0 aliphatic carbocycles. The molecule has 0 rings (SSSR count). The molecular formula is C10H19NO3. The van der Waals surface area contributed by atoms with Crippen LogP contribution in [-0.4, -0.2) is 27.8 Å². The first kappa shape index (κ1) is 13.1. The molecule has 0 unspecified atom stereocenters. The van der Waals surface area contributed by atoms with E-state index in [0.717, 1.165) is 0 Å². The van der Waals surface area contributed by atoms with Crippen molar-refractivity contribution in [2.45, 2.75) is 38.8 Å². The lowest BCUT2D eigenvalue weighted by molar-refractivity contribution is -0.148. The second kappa shape index (κ2) is 5.12. The smallest absolute Gasteiger partial charge is 0.326 e. The number of hydrogen-bond donors (Lipinski definition) is 3. The number of carboxylic acids is 1. The van der Waals surface area contributed by atoms with Crippen LogP contribution in [0, 0.1) is 5.92 Å². The molecule has 0 aromatic heterocycles. The van der Waals surface area contributed by atoms with Gasteiger partial charge in [0.1, 0.15) is 5.54 Å². The van der Waals surface area contributed by atoms with Crippen molar-refractivity contribution in [3.05, 3.63) is 12.2 Å². The summed E-state index contributed by atoms with van der Waals surface area (Å²) in [6, 6.07) is 0. The summed E-state index contributed by atoms with van der Waals surface area (Å²) >= 11 is 0. The number of aliphatic carboxylic acids is 1. The van der Waals surface area contributed by atoms with Crippen LogP contribution < -0.4 is 5.73 Å². The van der Waals surface area contributed by atoms with E-state index in [2.05, 4.69) is 0 Å². The zero-order chi connectivity index (χ0) is 11.4. The van der Waals surface area contributed by atoms with Gasteiger partial charge in [0.2, 0.25) is 0 Å². The van der Waals surface area contributed by atoms with Crippen LogP contribution in [0.5, 0.6) is 0 Å². The van der Waals surface area contributed by atoms with Crippen molar-refractivity contribution in [3.63, 3.8) is 0 Å². The van der Waals surface area contributed by atoms with Gasteiger partial charge >= 0.3 is 5.97 Å². The lowest BCUT2D eigenvalue weighted by atomic mass is 9.85. The third-order valence-corrected chi connectivity index (χ3v) is 2.36. The number of rotatable bonds is 5. The zero-order valence-corrected chi connectivity index (χ0v) is 8.90. The minimum Gasteiger partial charge on any atom is -0.480 e. The minimum absolute atomic E-state index is 0.169. The molecule has 3 atom stereocenters. The third kappa shape index (κ3) is 3.12. The topological polar surface area (TPSA) is 83.5 Å². The second-order valence-corrected chi connectivity index (χ2v) is 3.81. The highest BCUT2D eigenvalue weighted by atomic mass is 16.4. The van der Waals surface area contributed by atoms with Gasteiger partial charge in [-0.1, -0.05) is 19.1 Å². The monoisotopic (exact) mass is 201 g/mol. The van der Waals surface area contributed by atoms with Gasteiger partial charge in [0.05, 0.1) is 6.10 Å². The van der Waals surface area contributed by atoms with Crippen molar-refractivity contribution in [3.8, 4) is 0 Å². The number of aliphatic hydroxyl groups is 1. The van der Waals surface area contributed by atoms with E-state index in [9.17, 15) is 9.90 Å². The number of nitrogens with two attached hydrogens (primary N) is 1. The number of aliphatic hydroxyl groups excluding tert-OH is 1. The molecule has 0 fully saturated rings. The van der Waals surface area contributed by atoms with Gasteiger partial charge in [-0.2, -0.15) is 0 Å². The van der Waals surface area contributed by atoms with Gasteiger partial charge in [-0.15, -0.1) is 0 Å². The van der Waals surface area contributed by atoms with Crippen molar-refractivity contribution in [2.24, 2.45) is 11.7 Å². The summed E-state index contributed by atoms with van der Waals surface area (Å²) in [5.74, 6) is -1.35. The van der Waals surface area contributed by atoms with Crippen LogP contribution in [0.2, 0.25) is 0 Å². The Kier molecular flexibility index (Phi) is 4.80. The number of carboxylic acid groups (broad SMARTS) is 1. The van der Waals surface area contributed by atoms with Crippen molar-refractivity contribution in [2.75, 3.05) is 0 Å². The third-order valence-electron chi connectivity index (χ3n) is 2.36. The highest BCUT2D eigenvalue weighted by Crippen LogP contribution is 2.18. The summed E-state index contributed by atoms with van der Waals surface area (Å²) in [6.45, 7) is 4.98.